The number of hydrogen-bond donors (Lipinski definition) is 1. The maximum Gasteiger partial charge on any atom is 0.0702 e. The van der Waals surface area contributed by atoms with Gasteiger partial charge in [-0.25, -0.2) is 0 Å². The number of fused-ring (bicyclic) bond motifs is 1. The van der Waals surface area contributed by atoms with E-state index in [1.165, 1.54) is 0 Å². The Kier molecular flexibility index (Phi) is 2.65. The summed E-state index contributed by atoms with van der Waals surface area (Å²) in [5.41, 5.74) is 9.89. The van der Waals surface area contributed by atoms with Crippen molar-refractivity contribution in [3.8, 4) is 0 Å². The van der Waals surface area contributed by atoms with Crippen LogP contribution in [0, 0.1) is 0 Å². The van der Waals surface area contributed by atoms with Gasteiger partial charge in [0.15, 0.2) is 0 Å². The molecule has 0 aliphatic heterocycles. The lowest BCUT2D eigenvalue weighted by molar-refractivity contribution is 1.13. The molecule has 0 fully saturated rings. The summed E-state index contributed by atoms with van der Waals surface area (Å²) in [6, 6.07) is 12.1. The molecule has 0 atom stereocenters. The van der Waals surface area contributed by atoms with Crippen LogP contribution in [0.5, 0.6) is 0 Å². The van der Waals surface area contributed by atoms with Gasteiger partial charge in [-0.1, -0.05) is 18.2 Å². The van der Waals surface area contributed by atoms with E-state index in [0.29, 0.717) is 0 Å². The van der Waals surface area contributed by atoms with Gasteiger partial charge in [0.1, 0.15) is 0 Å². The monoisotopic (exact) mass is 235 g/mol. The van der Waals surface area contributed by atoms with Crippen LogP contribution < -0.4 is 5.73 Å². The fraction of sp³-hybridized carbons (Fsp3) is 0.0667. The number of pyridine rings is 2. The number of hydrogen-bond acceptors (Lipinski definition) is 3. The first kappa shape index (κ1) is 10.7. The Morgan fingerprint density at radius 1 is 1.06 bits per heavy atom. The molecule has 3 rings (SSSR count). The highest BCUT2D eigenvalue weighted by molar-refractivity contribution is 5.78. The number of nitrogens with zero attached hydrogens (tertiary/aromatic N) is 2. The van der Waals surface area contributed by atoms with E-state index in [4.69, 9.17) is 5.73 Å². The summed E-state index contributed by atoms with van der Waals surface area (Å²) in [6.45, 7) is 0. The third kappa shape index (κ3) is 2.02. The van der Waals surface area contributed by atoms with E-state index < -0.39 is 0 Å². The van der Waals surface area contributed by atoms with Crippen molar-refractivity contribution in [1.82, 2.24) is 9.97 Å². The van der Waals surface area contributed by atoms with Crippen molar-refractivity contribution in [1.29, 1.82) is 0 Å². The van der Waals surface area contributed by atoms with Crippen LogP contribution in [0.4, 0.5) is 5.69 Å². The quantitative estimate of drug-likeness (QED) is 0.743. The molecule has 3 heteroatoms. The van der Waals surface area contributed by atoms with Crippen LogP contribution in [-0.2, 0) is 6.42 Å². The van der Waals surface area contributed by atoms with Gasteiger partial charge in [0.25, 0.3) is 0 Å². The van der Waals surface area contributed by atoms with Crippen LogP contribution >= 0.6 is 0 Å². The molecule has 18 heavy (non-hydrogen) atoms. The van der Waals surface area contributed by atoms with Crippen molar-refractivity contribution >= 4 is 16.6 Å². The minimum atomic E-state index is 0.761. The van der Waals surface area contributed by atoms with Crippen molar-refractivity contribution in [3.63, 3.8) is 0 Å². The number of nitrogen functional groups attached to an aromatic ring is 1. The molecule has 0 saturated heterocycles. The van der Waals surface area contributed by atoms with Gasteiger partial charge >= 0.3 is 0 Å². The van der Waals surface area contributed by atoms with Crippen LogP contribution in [0.25, 0.3) is 10.9 Å². The van der Waals surface area contributed by atoms with Gasteiger partial charge in [0.2, 0.25) is 0 Å². The van der Waals surface area contributed by atoms with Gasteiger partial charge in [-0.2, -0.15) is 0 Å². The lowest BCUT2D eigenvalue weighted by atomic mass is 10.1. The molecule has 0 unspecified atom stereocenters. The summed E-state index contributed by atoms with van der Waals surface area (Å²) in [6.07, 6.45) is 6.17. The predicted octanol–water partition coefficient (Wildman–Crippen LogP) is 2.80. The first-order valence-electron chi connectivity index (χ1n) is 5.85. The highest BCUT2D eigenvalue weighted by Crippen LogP contribution is 2.18. The van der Waals surface area contributed by atoms with Crippen molar-refractivity contribution in [2.75, 3.05) is 5.73 Å². The van der Waals surface area contributed by atoms with Gasteiger partial charge in [0, 0.05) is 36.1 Å². The lowest BCUT2D eigenvalue weighted by Crippen LogP contribution is -1.97. The standard InChI is InChI=1S/C15H13N3/c16-14-5-6-17-10-13(14)8-11-7-12-3-1-2-4-15(12)18-9-11/h1-7,9-10H,8H2,(H2,16,17). The second-order valence-corrected chi connectivity index (χ2v) is 4.29. The molecule has 3 nitrogen and oxygen atoms in total. The molecule has 2 aromatic heterocycles. The van der Waals surface area contributed by atoms with Crippen molar-refractivity contribution in [2.24, 2.45) is 0 Å². The highest BCUT2D eigenvalue weighted by atomic mass is 14.7. The number of aromatic nitrogens is 2. The molecule has 1 aromatic carbocycles. The third-order valence-electron chi connectivity index (χ3n) is 2.98. The van der Waals surface area contributed by atoms with E-state index in [2.05, 4.69) is 22.1 Å². The Hall–Kier alpha value is -2.42. The zero-order valence-electron chi connectivity index (χ0n) is 9.88. The molecule has 88 valence electrons. The maximum absolute atomic E-state index is 5.92. The van der Waals surface area contributed by atoms with Gasteiger partial charge in [-0.15, -0.1) is 0 Å². The fourth-order valence-electron chi connectivity index (χ4n) is 2.02. The van der Waals surface area contributed by atoms with Gasteiger partial charge in [-0.3, -0.25) is 9.97 Å². The molecule has 3 aromatic rings. The molecule has 0 aliphatic carbocycles. The fourth-order valence-corrected chi connectivity index (χ4v) is 2.02. The summed E-state index contributed by atoms with van der Waals surface area (Å²) in [4.78, 5) is 8.55. The molecule has 0 bridgehead atoms. The summed E-state index contributed by atoms with van der Waals surface area (Å²) in [5, 5.41) is 1.15. The Bertz CT molecular complexity index is 692. The SMILES string of the molecule is Nc1ccncc1Cc1cnc2ccccc2c1. The van der Waals surface area contributed by atoms with Crippen molar-refractivity contribution < 1.29 is 0 Å². The van der Waals surface area contributed by atoms with Crippen molar-refractivity contribution in [3.05, 3.63) is 66.1 Å². The van der Waals surface area contributed by atoms with Crippen LogP contribution in [-0.4, -0.2) is 9.97 Å². The average Bonchev–Trinajstić information content (AvgIpc) is 2.41. The smallest absolute Gasteiger partial charge is 0.0702 e. The van der Waals surface area contributed by atoms with E-state index >= 15 is 0 Å². The Balaban J connectivity index is 1.98. The van der Waals surface area contributed by atoms with Gasteiger partial charge in [0.05, 0.1) is 5.52 Å². The Labute approximate surface area is 105 Å². The molecule has 0 amide bonds. The van der Waals surface area contributed by atoms with E-state index in [-0.39, 0.29) is 0 Å². The molecular weight excluding hydrogens is 222 g/mol. The predicted molar refractivity (Wildman–Crippen MR) is 73.2 cm³/mol. The summed E-state index contributed by atoms with van der Waals surface area (Å²) < 4.78 is 0. The molecule has 0 aliphatic rings. The molecule has 0 spiro atoms. The average molecular weight is 235 g/mol. The van der Waals surface area contributed by atoms with E-state index in [1.807, 2.05) is 36.7 Å². The molecular formula is C15H13N3. The van der Waals surface area contributed by atoms with Crippen LogP contribution in [0.2, 0.25) is 0 Å². The van der Waals surface area contributed by atoms with Crippen molar-refractivity contribution in [2.45, 2.75) is 6.42 Å². The second-order valence-electron chi connectivity index (χ2n) is 4.29. The topological polar surface area (TPSA) is 51.8 Å². The number of nitrogens with two attached hydrogens (primary N) is 1. The number of benzene rings is 1. The molecule has 2 heterocycles. The maximum atomic E-state index is 5.92. The summed E-state index contributed by atoms with van der Waals surface area (Å²) in [5.74, 6) is 0. The van der Waals surface area contributed by atoms with E-state index in [9.17, 15) is 0 Å². The van der Waals surface area contributed by atoms with E-state index in [1.54, 1.807) is 6.20 Å². The number of para-hydroxylation sites is 1. The lowest BCUT2D eigenvalue weighted by Gasteiger charge is -2.05. The van der Waals surface area contributed by atoms with Gasteiger partial charge < -0.3 is 5.73 Å². The largest absolute Gasteiger partial charge is 0.398 e. The van der Waals surface area contributed by atoms with Crippen LogP contribution in [0.3, 0.4) is 0 Å². The number of rotatable bonds is 2. The summed E-state index contributed by atoms with van der Waals surface area (Å²) in [7, 11) is 0. The Morgan fingerprint density at radius 2 is 1.94 bits per heavy atom. The van der Waals surface area contributed by atoms with Crippen LogP contribution in [0.1, 0.15) is 11.1 Å². The minimum absolute atomic E-state index is 0.761. The normalized spacial score (nSPS) is 10.7. The molecule has 0 saturated carbocycles. The zero-order valence-corrected chi connectivity index (χ0v) is 9.88. The molecule has 0 radical (unpaired) electrons. The first-order chi connectivity index (χ1) is 8.83. The second kappa shape index (κ2) is 4.45. The van der Waals surface area contributed by atoms with Crippen LogP contribution in [0.15, 0.2) is 55.0 Å². The molecule has 2 N–H and O–H groups in total. The minimum Gasteiger partial charge on any atom is -0.398 e. The van der Waals surface area contributed by atoms with E-state index in [0.717, 1.165) is 34.1 Å². The van der Waals surface area contributed by atoms with Gasteiger partial charge in [-0.05, 0) is 29.3 Å². The third-order valence-corrected chi connectivity index (χ3v) is 2.98. The number of anilines is 1. The zero-order chi connectivity index (χ0) is 12.4. The Morgan fingerprint density at radius 3 is 2.83 bits per heavy atom. The summed E-state index contributed by atoms with van der Waals surface area (Å²) >= 11 is 0. The highest BCUT2D eigenvalue weighted by Gasteiger charge is 2.02. The first-order valence-corrected chi connectivity index (χ1v) is 5.85.